The summed E-state index contributed by atoms with van der Waals surface area (Å²) in [6.45, 7) is 3.88. The highest BCUT2D eigenvalue weighted by molar-refractivity contribution is 8.02. The van der Waals surface area contributed by atoms with E-state index in [9.17, 15) is 0 Å². The van der Waals surface area contributed by atoms with Gasteiger partial charge in [-0.1, -0.05) is 0 Å². The molecule has 2 saturated heterocycles. The minimum absolute atomic E-state index is 0.659. The molecule has 3 aliphatic heterocycles. The van der Waals surface area contributed by atoms with Gasteiger partial charge in [0.2, 0.25) is 0 Å². The largest absolute Gasteiger partial charge is 0.366 e. The lowest BCUT2D eigenvalue weighted by atomic mass is 10.0. The van der Waals surface area contributed by atoms with E-state index in [-0.39, 0.29) is 0 Å². The fourth-order valence-corrected chi connectivity index (χ4v) is 4.81. The Bertz CT molecular complexity index is 312. The van der Waals surface area contributed by atoms with Crippen molar-refractivity contribution in [2.45, 2.75) is 43.1 Å². The van der Waals surface area contributed by atoms with Crippen LogP contribution in [0, 0.1) is 0 Å². The molecule has 0 N–H and O–H groups in total. The summed E-state index contributed by atoms with van der Waals surface area (Å²) in [6.07, 6.45) is 7.74. The van der Waals surface area contributed by atoms with E-state index in [2.05, 4.69) is 40.4 Å². The molecule has 3 aliphatic rings. The lowest BCUT2D eigenvalue weighted by Gasteiger charge is -2.41. The molecule has 0 bridgehead atoms. The molecule has 102 valence electrons. The Hall–Kier alpha value is -0.190. The zero-order valence-electron chi connectivity index (χ0n) is 11.6. The molecule has 2 fully saturated rings. The van der Waals surface area contributed by atoms with Gasteiger partial charge in [0.1, 0.15) is 0 Å². The van der Waals surface area contributed by atoms with Gasteiger partial charge in [0.05, 0.1) is 5.37 Å². The Labute approximate surface area is 115 Å². The predicted molar refractivity (Wildman–Crippen MR) is 78.5 cm³/mol. The third-order valence-electron chi connectivity index (χ3n) is 4.74. The summed E-state index contributed by atoms with van der Waals surface area (Å²) < 4.78 is 0. The third-order valence-corrected chi connectivity index (χ3v) is 5.95. The average Bonchev–Trinajstić information content (AvgIpc) is 2.98. The zero-order chi connectivity index (χ0) is 12.5. The van der Waals surface area contributed by atoms with Crippen LogP contribution < -0.4 is 0 Å². The van der Waals surface area contributed by atoms with Crippen molar-refractivity contribution in [1.29, 1.82) is 0 Å². The number of nitrogens with zero attached hydrogens (tertiary/aromatic N) is 3. The minimum atomic E-state index is 0.659. The van der Waals surface area contributed by atoms with E-state index in [0.29, 0.717) is 5.37 Å². The van der Waals surface area contributed by atoms with Crippen molar-refractivity contribution in [3.05, 3.63) is 11.6 Å². The SMILES string of the molecule is CN1CCC(N2CCCC2C2SC=CN2C)CC1. The maximum atomic E-state index is 2.83. The van der Waals surface area contributed by atoms with Gasteiger partial charge < -0.3 is 9.80 Å². The number of piperidine rings is 1. The predicted octanol–water partition coefficient (Wildman–Crippen LogP) is 2.02. The van der Waals surface area contributed by atoms with Crippen LogP contribution in [0.25, 0.3) is 0 Å². The monoisotopic (exact) mass is 267 g/mol. The molecule has 0 aliphatic carbocycles. The van der Waals surface area contributed by atoms with Crippen LogP contribution in [0.15, 0.2) is 11.6 Å². The van der Waals surface area contributed by atoms with Gasteiger partial charge in [0.15, 0.2) is 0 Å². The molecule has 0 aromatic rings. The molecule has 0 aromatic carbocycles. The normalized spacial score (nSPS) is 35.8. The fraction of sp³-hybridized carbons (Fsp3) is 0.857. The minimum Gasteiger partial charge on any atom is -0.366 e. The maximum Gasteiger partial charge on any atom is 0.0938 e. The van der Waals surface area contributed by atoms with E-state index in [1.165, 1.54) is 45.3 Å². The molecule has 18 heavy (non-hydrogen) atoms. The first-order valence-electron chi connectivity index (χ1n) is 7.24. The van der Waals surface area contributed by atoms with Gasteiger partial charge in [0.25, 0.3) is 0 Å². The Morgan fingerprint density at radius 3 is 2.50 bits per heavy atom. The van der Waals surface area contributed by atoms with Crippen LogP contribution in [0.1, 0.15) is 25.7 Å². The number of rotatable bonds is 2. The topological polar surface area (TPSA) is 9.72 Å². The van der Waals surface area contributed by atoms with Crippen molar-refractivity contribution in [3.63, 3.8) is 0 Å². The summed E-state index contributed by atoms with van der Waals surface area (Å²) in [4.78, 5) is 7.70. The summed E-state index contributed by atoms with van der Waals surface area (Å²) in [5, 5.41) is 2.92. The first-order valence-corrected chi connectivity index (χ1v) is 8.18. The number of thioether (sulfide) groups is 1. The molecule has 2 atom stereocenters. The van der Waals surface area contributed by atoms with Crippen LogP contribution in [0.3, 0.4) is 0 Å². The van der Waals surface area contributed by atoms with Crippen molar-refractivity contribution in [3.8, 4) is 0 Å². The Kier molecular flexibility index (Phi) is 3.87. The van der Waals surface area contributed by atoms with Crippen LogP contribution in [0.4, 0.5) is 0 Å². The molecule has 3 nitrogen and oxygen atoms in total. The van der Waals surface area contributed by atoms with Crippen molar-refractivity contribution in [1.82, 2.24) is 14.7 Å². The van der Waals surface area contributed by atoms with Crippen molar-refractivity contribution in [2.24, 2.45) is 0 Å². The van der Waals surface area contributed by atoms with Crippen LogP contribution in [0.2, 0.25) is 0 Å². The highest BCUT2D eigenvalue weighted by Crippen LogP contribution is 2.36. The molecular weight excluding hydrogens is 242 g/mol. The van der Waals surface area contributed by atoms with Gasteiger partial charge in [-0.3, -0.25) is 4.90 Å². The van der Waals surface area contributed by atoms with E-state index in [4.69, 9.17) is 0 Å². The van der Waals surface area contributed by atoms with E-state index in [1.807, 2.05) is 11.8 Å². The van der Waals surface area contributed by atoms with Gasteiger partial charge in [0, 0.05) is 25.3 Å². The molecule has 3 heterocycles. The van der Waals surface area contributed by atoms with E-state index in [0.717, 1.165) is 12.1 Å². The average molecular weight is 267 g/mol. The second-order valence-electron chi connectivity index (χ2n) is 5.96. The molecule has 0 radical (unpaired) electrons. The second-order valence-corrected chi connectivity index (χ2v) is 6.99. The summed E-state index contributed by atoms with van der Waals surface area (Å²) >= 11 is 2.01. The van der Waals surface area contributed by atoms with Crippen LogP contribution in [0.5, 0.6) is 0 Å². The first kappa shape index (κ1) is 12.8. The highest BCUT2D eigenvalue weighted by Gasteiger charge is 2.38. The van der Waals surface area contributed by atoms with Gasteiger partial charge >= 0.3 is 0 Å². The van der Waals surface area contributed by atoms with Gasteiger partial charge in [-0.15, -0.1) is 11.8 Å². The first-order chi connectivity index (χ1) is 8.75. The molecule has 2 unspecified atom stereocenters. The standard InChI is InChI=1S/C14H25N3S/c1-15-8-5-12(6-9-15)17-7-3-4-13(17)14-16(2)10-11-18-14/h10-14H,3-9H2,1-2H3. The van der Waals surface area contributed by atoms with Crippen LogP contribution >= 0.6 is 11.8 Å². The lowest BCUT2D eigenvalue weighted by molar-refractivity contribution is 0.0947. The maximum absolute atomic E-state index is 2.83. The van der Waals surface area contributed by atoms with Gasteiger partial charge in [-0.2, -0.15) is 0 Å². The molecule has 4 heteroatoms. The molecule has 0 amide bonds. The molecule has 3 rings (SSSR count). The second kappa shape index (κ2) is 5.43. The molecule has 0 aromatic heterocycles. The zero-order valence-corrected chi connectivity index (χ0v) is 12.4. The lowest BCUT2D eigenvalue weighted by Crippen LogP contribution is -2.50. The summed E-state index contributed by atoms with van der Waals surface area (Å²) in [5.74, 6) is 0. The Morgan fingerprint density at radius 2 is 1.83 bits per heavy atom. The van der Waals surface area contributed by atoms with Crippen molar-refractivity contribution in [2.75, 3.05) is 33.7 Å². The highest BCUT2D eigenvalue weighted by atomic mass is 32.2. The molecular formula is C14H25N3S. The van der Waals surface area contributed by atoms with E-state index < -0.39 is 0 Å². The number of likely N-dealkylation sites (tertiary alicyclic amines) is 2. The Balaban J connectivity index is 1.64. The van der Waals surface area contributed by atoms with Gasteiger partial charge in [-0.25, -0.2) is 0 Å². The van der Waals surface area contributed by atoms with Crippen molar-refractivity contribution >= 4 is 11.8 Å². The summed E-state index contributed by atoms with van der Waals surface area (Å²) in [7, 11) is 4.48. The summed E-state index contributed by atoms with van der Waals surface area (Å²) in [6, 6.07) is 1.60. The van der Waals surface area contributed by atoms with Gasteiger partial charge in [-0.05, 0) is 57.8 Å². The smallest absolute Gasteiger partial charge is 0.0938 e. The van der Waals surface area contributed by atoms with E-state index in [1.54, 1.807) is 0 Å². The van der Waals surface area contributed by atoms with Crippen LogP contribution in [-0.4, -0.2) is 65.9 Å². The van der Waals surface area contributed by atoms with Crippen molar-refractivity contribution < 1.29 is 0 Å². The van der Waals surface area contributed by atoms with E-state index >= 15 is 0 Å². The quantitative estimate of drug-likeness (QED) is 0.757. The molecule has 0 saturated carbocycles. The fourth-order valence-electron chi connectivity index (χ4n) is 3.66. The molecule has 0 spiro atoms. The van der Waals surface area contributed by atoms with Crippen LogP contribution in [-0.2, 0) is 0 Å². The Morgan fingerprint density at radius 1 is 1.06 bits per heavy atom. The number of hydrogen-bond acceptors (Lipinski definition) is 4. The third kappa shape index (κ3) is 2.43. The summed E-state index contributed by atoms with van der Waals surface area (Å²) in [5.41, 5.74) is 0. The number of likely N-dealkylation sites (N-methyl/N-ethyl adjacent to an activating group) is 1. The number of hydrogen-bond donors (Lipinski definition) is 0.